The van der Waals surface area contributed by atoms with Crippen molar-refractivity contribution in [2.45, 2.75) is 12.0 Å². The van der Waals surface area contributed by atoms with Crippen LogP contribution in [0.2, 0.25) is 0 Å². The summed E-state index contributed by atoms with van der Waals surface area (Å²) >= 11 is 1.62. The van der Waals surface area contributed by atoms with Crippen molar-refractivity contribution in [2.75, 3.05) is 25.2 Å². The quantitative estimate of drug-likeness (QED) is 0.410. The third-order valence-electron chi connectivity index (χ3n) is 2.31. The number of terminal acetylenes is 1. The van der Waals surface area contributed by atoms with Crippen molar-refractivity contribution in [3.63, 3.8) is 0 Å². The molecule has 1 aliphatic rings. The van der Waals surface area contributed by atoms with E-state index < -0.39 is 5.60 Å². The Kier molecular flexibility index (Phi) is 5.88. The van der Waals surface area contributed by atoms with Crippen molar-refractivity contribution in [1.82, 2.24) is 0 Å². The summed E-state index contributed by atoms with van der Waals surface area (Å²) in [6, 6.07) is 0. The van der Waals surface area contributed by atoms with Gasteiger partial charge in [0.15, 0.2) is 5.60 Å². The maximum Gasteiger partial charge on any atom is 0.342 e. The molecule has 1 rings (SSSR count). The summed E-state index contributed by atoms with van der Waals surface area (Å²) in [5.74, 6) is 2.77. The Bertz CT molecular complexity index is 354. The molecule has 0 heterocycles. The number of hydrogen-bond donors (Lipinski definition) is 0. The molecule has 92 valence electrons. The van der Waals surface area contributed by atoms with E-state index in [0.717, 1.165) is 5.75 Å². The predicted molar refractivity (Wildman–Crippen MR) is 69.8 cm³/mol. The molecule has 0 aromatic heterocycles. The molecule has 1 atom stereocenters. The van der Waals surface area contributed by atoms with Gasteiger partial charge in [-0.1, -0.05) is 24.1 Å². The molecule has 3 nitrogen and oxygen atoms in total. The summed E-state index contributed by atoms with van der Waals surface area (Å²) in [6.45, 7) is 0.481. The Morgan fingerprint density at radius 3 is 3.00 bits per heavy atom. The number of carbonyl (C=O) groups excluding carboxylic acids is 1. The van der Waals surface area contributed by atoms with Gasteiger partial charge in [-0.2, -0.15) is 11.8 Å². The van der Waals surface area contributed by atoms with E-state index in [4.69, 9.17) is 15.9 Å². The summed E-state index contributed by atoms with van der Waals surface area (Å²) < 4.78 is 10.6. The lowest BCUT2D eigenvalue weighted by molar-refractivity contribution is -0.164. The maximum atomic E-state index is 12.0. The first-order chi connectivity index (χ1) is 8.25. The molecule has 0 bridgehead atoms. The van der Waals surface area contributed by atoms with Gasteiger partial charge < -0.3 is 9.47 Å². The van der Waals surface area contributed by atoms with Crippen LogP contribution in [0.15, 0.2) is 24.3 Å². The predicted octanol–water partition coefficient (Wildman–Crippen LogP) is 1.80. The van der Waals surface area contributed by atoms with E-state index in [-0.39, 0.29) is 12.6 Å². The second-order valence-electron chi connectivity index (χ2n) is 3.50. The molecule has 4 heteroatoms. The SMILES string of the molecule is C#CCOC1(C(=O)OCCSC)C=CC=CC1. The fourth-order valence-electron chi connectivity index (χ4n) is 1.43. The number of allylic oxidation sites excluding steroid dienone is 2. The largest absolute Gasteiger partial charge is 0.462 e. The van der Waals surface area contributed by atoms with E-state index in [2.05, 4.69) is 5.92 Å². The molecule has 1 unspecified atom stereocenters. The fourth-order valence-corrected chi connectivity index (χ4v) is 1.68. The van der Waals surface area contributed by atoms with E-state index in [9.17, 15) is 4.79 Å². The van der Waals surface area contributed by atoms with Gasteiger partial charge in [-0.15, -0.1) is 6.42 Å². The first kappa shape index (κ1) is 13.9. The van der Waals surface area contributed by atoms with Gasteiger partial charge in [0.2, 0.25) is 0 Å². The molecule has 0 saturated heterocycles. The molecule has 0 aliphatic heterocycles. The number of thioether (sulfide) groups is 1. The van der Waals surface area contributed by atoms with Crippen LogP contribution in [0.5, 0.6) is 0 Å². The minimum Gasteiger partial charge on any atom is -0.462 e. The van der Waals surface area contributed by atoms with Gasteiger partial charge in [0.05, 0.1) is 0 Å². The van der Waals surface area contributed by atoms with Crippen molar-refractivity contribution in [2.24, 2.45) is 0 Å². The second kappa shape index (κ2) is 7.21. The van der Waals surface area contributed by atoms with Crippen molar-refractivity contribution < 1.29 is 14.3 Å². The zero-order valence-corrected chi connectivity index (χ0v) is 10.7. The molecule has 0 aromatic carbocycles. The first-order valence-electron chi connectivity index (χ1n) is 5.33. The van der Waals surface area contributed by atoms with Gasteiger partial charge in [-0.3, -0.25) is 0 Å². The third-order valence-corrected chi connectivity index (χ3v) is 2.89. The molecule has 17 heavy (non-hydrogen) atoms. The monoisotopic (exact) mass is 252 g/mol. The minimum absolute atomic E-state index is 0.0931. The lowest BCUT2D eigenvalue weighted by Crippen LogP contribution is -2.42. The highest BCUT2D eigenvalue weighted by Crippen LogP contribution is 2.24. The van der Waals surface area contributed by atoms with Crippen molar-refractivity contribution in [1.29, 1.82) is 0 Å². The molecule has 0 fully saturated rings. The highest BCUT2D eigenvalue weighted by Gasteiger charge is 2.38. The van der Waals surface area contributed by atoms with Gasteiger partial charge in [-0.05, 0) is 12.3 Å². The molecular weight excluding hydrogens is 236 g/mol. The van der Waals surface area contributed by atoms with Crippen molar-refractivity contribution in [3.05, 3.63) is 24.3 Å². The van der Waals surface area contributed by atoms with Gasteiger partial charge in [0.25, 0.3) is 0 Å². The van der Waals surface area contributed by atoms with Crippen LogP contribution in [0.25, 0.3) is 0 Å². The Labute approximate surface area is 106 Å². The molecule has 0 amide bonds. The summed E-state index contributed by atoms with van der Waals surface area (Å²) in [5, 5.41) is 0. The smallest absolute Gasteiger partial charge is 0.342 e. The van der Waals surface area contributed by atoms with Crippen LogP contribution in [0.1, 0.15) is 6.42 Å². The van der Waals surface area contributed by atoms with Gasteiger partial charge >= 0.3 is 5.97 Å². The fraction of sp³-hybridized carbons (Fsp3) is 0.462. The lowest BCUT2D eigenvalue weighted by atomic mass is 9.95. The summed E-state index contributed by atoms with van der Waals surface area (Å²) in [6.07, 6.45) is 14.8. The van der Waals surface area contributed by atoms with Crippen LogP contribution in [0.3, 0.4) is 0 Å². The van der Waals surface area contributed by atoms with Crippen LogP contribution in [-0.2, 0) is 14.3 Å². The van der Waals surface area contributed by atoms with Crippen LogP contribution in [-0.4, -0.2) is 36.8 Å². The number of ether oxygens (including phenoxy) is 2. The standard InChI is InChI=1S/C13H16O3S/c1-3-9-16-13(7-5-4-6-8-13)12(14)15-10-11-17-2/h1,4-7H,8-11H2,2H3. The summed E-state index contributed by atoms with van der Waals surface area (Å²) in [4.78, 5) is 12.0. The van der Waals surface area contributed by atoms with E-state index in [1.807, 2.05) is 18.4 Å². The molecule has 0 aromatic rings. The van der Waals surface area contributed by atoms with E-state index in [1.54, 1.807) is 23.9 Å². The second-order valence-corrected chi connectivity index (χ2v) is 4.49. The number of carbonyl (C=O) groups is 1. The molecule has 0 spiro atoms. The van der Waals surface area contributed by atoms with E-state index >= 15 is 0 Å². The Balaban J connectivity index is 2.63. The average molecular weight is 252 g/mol. The van der Waals surface area contributed by atoms with Gasteiger partial charge in [0, 0.05) is 12.2 Å². The molecule has 1 aliphatic carbocycles. The zero-order chi connectivity index (χ0) is 12.6. The average Bonchev–Trinajstić information content (AvgIpc) is 2.37. The normalized spacial score (nSPS) is 22.1. The zero-order valence-electron chi connectivity index (χ0n) is 9.85. The van der Waals surface area contributed by atoms with Gasteiger partial charge in [-0.25, -0.2) is 4.79 Å². The van der Waals surface area contributed by atoms with E-state index in [1.165, 1.54) is 0 Å². The van der Waals surface area contributed by atoms with Crippen molar-refractivity contribution in [3.8, 4) is 12.3 Å². The Morgan fingerprint density at radius 1 is 1.59 bits per heavy atom. The summed E-state index contributed by atoms with van der Waals surface area (Å²) in [7, 11) is 0. The molecular formula is C13H16O3S. The van der Waals surface area contributed by atoms with Crippen LogP contribution in [0.4, 0.5) is 0 Å². The minimum atomic E-state index is -1.04. The summed E-state index contributed by atoms with van der Waals surface area (Å²) in [5.41, 5.74) is -1.04. The topological polar surface area (TPSA) is 35.5 Å². The highest BCUT2D eigenvalue weighted by molar-refractivity contribution is 7.98. The van der Waals surface area contributed by atoms with E-state index in [0.29, 0.717) is 13.0 Å². The number of esters is 1. The number of rotatable bonds is 6. The van der Waals surface area contributed by atoms with Crippen molar-refractivity contribution >= 4 is 17.7 Å². The number of hydrogen-bond acceptors (Lipinski definition) is 4. The lowest BCUT2D eigenvalue weighted by Gasteiger charge is -2.28. The molecule has 0 N–H and O–H groups in total. The molecule has 0 saturated carbocycles. The molecule has 0 radical (unpaired) electrons. The van der Waals surface area contributed by atoms with Crippen LogP contribution < -0.4 is 0 Å². The Morgan fingerprint density at radius 2 is 2.41 bits per heavy atom. The maximum absolute atomic E-state index is 12.0. The third kappa shape index (κ3) is 3.95. The van der Waals surface area contributed by atoms with Crippen LogP contribution >= 0.6 is 11.8 Å². The highest BCUT2D eigenvalue weighted by atomic mass is 32.2. The first-order valence-corrected chi connectivity index (χ1v) is 6.72. The van der Waals surface area contributed by atoms with Gasteiger partial charge in [0.1, 0.15) is 13.2 Å². The van der Waals surface area contributed by atoms with Crippen LogP contribution in [0, 0.1) is 12.3 Å². The Hall–Kier alpha value is -1.18.